The van der Waals surface area contributed by atoms with Gasteiger partial charge in [-0.25, -0.2) is 9.59 Å². The van der Waals surface area contributed by atoms with Crippen molar-refractivity contribution in [2.75, 3.05) is 45.9 Å². The zero-order chi connectivity index (χ0) is 29.1. The number of fused-ring (bicyclic) bond motifs is 3. The summed E-state index contributed by atoms with van der Waals surface area (Å²) in [6.07, 6.45) is 0.891. The van der Waals surface area contributed by atoms with E-state index in [9.17, 15) is 19.5 Å². The fraction of sp³-hybridized carbons (Fsp3) is 0.531. The van der Waals surface area contributed by atoms with Crippen molar-refractivity contribution >= 4 is 18.2 Å². The smallest absolute Gasteiger partial charge is 0.409 e. The highest BCUT2D eigenvalue weighted by Gasteiger charge is 2.40. The van der Waals surface area contributed by atoms with Crippen molar-refractivity contribution in [2.24, 2.45) is 17.8 Å². The molecule has 0 spiro atoms. The molecule has 2 aromatic carbocycles. The van der Waals surface area contributed by atoms with Crippen LogP contribution in [0.2, 0.25) is 0 Å². The minimum Gasteiger partial charge on any atom is -0.480 e. The van der Waals surface area contributed by atoms with Crippen molar-refractivity contribution in [1.29, 1.82) is 0 Å². The second-order valence-corrected chi connectivity index (χ2v) is 12.5. The highest BCUT2D eigenvalue weighted by molar-refractivity contribution is 5.79. The van der Waals surface area contributed by atoms with Gasteiger partial charge in [-0.2, -0.15) is 0 Å². The summed E-state index contributed by atoms with van der Waals surface area (Å²) >= 11 is 0. The molecule has 2 aliphatic heterocycles. The van der Waals surface area contributed by atoms with Gasteiger partial charge in [-0.15, -0.1) is 0 Å². The average Bonchev–Trinajstić information content (AvgIpc) is 3.48. The Morgan fingerprint density at radius 2 is 1.56 bits per heavy atom. The fourth-order valence-electron chi connectivity index (χ4n) is 6.78. The predicted octanol–water partition coefficient (Wildman–Crippen LogP) is 4.80. The van der Waals surface area contributed by atoms with Crippen LogP contribution < -0.4 is 5.32 Å². The molecule has 3 aliphatic rings. The number of amides is 2. The SMILES string of the molecule is CC(C)(C)OC(=O)NCC1CN(CC(=O)O)CC1C1CCN(C(=O)OCC2c3ccccc3-c3ccccc32)CC1. The fourth-order valence-corrected chi connectivity index (χ4v) is 6.78. The third-order valence-corrected chi connectivity index (χ3v) is 8.57. The molecule has 0 radical (unpaired) electrons. The Labute approximate surface area is 241 Å². The van der Waals surface area contributed by atoms with E-state index in [4.69, 9.17) is 9.47 Å². The third kappa shape index (κ3) is 6.84. The first-order valence-corrected chi connectivity index (χ1v) is 14.6. The van der Waals surface area contributed by atoms with Gasteiger partial charge in [-0.1, -0.05) is 48.5 Å². The molecule has 5 rings (SSSR count). The zero-order valence-electron chi connectivity index (χ0n) is 24.2. The molecule has 2 amide bonds. The van der Waals surface area contributed by atoms with Crippen LogP contribution in [0.1, 0.15) is 50.7 Å². The lowest BCUT2D eigenvalue weighted by molar-refractivity contribution is -0.138. The summed E-state index contributed by atoms with van der Waals surface area (Å²) in [4.78, 5) is 40.5. The molecule has 2 unspecified atom stereocenters. The average molecular weight is 564 g/mol. The zero-order valence-corrected chi connectivity index (χ0v) is 24.2. The number of rotatable bonds is 7. The van der Waals surface area contributed by atoms with Crippen LogP contribution in [-0.4, -0.2) is 84.5 Å². The second-order valence-electron chi connectivity index (χ2n) is 12.5. The number of carbonyl (C=O) groups is 3. The molecule has 9 nitrogen and oxygen atoms in total. The van der Waals surface area contributed by atoms with Gasteiger partial charge >= 0.3 is 18.2 Å². The lowest BCUT2D eigenvalue weighted by atomic mass is 9.78. The van der Waals surface area contributed by atoms with Crippen molar-refractivity contribution < 1.29 is 29.0 Å². The number of likely N-dealkylation sites (tertiary alicyclic amines) is 2. The second kappa shape index (κ2) is 12.1. The largest absolute Gasteiger partial charge is 0.480 e. The van der Waals surface area contributed by atoms with E-state index in [-0.39, 0.29) is 30.4 Å². The van der Waals surface area contributed by atoms with Gasteiger partial charge < -0.3 is 24.8 Å². The van der Waals surface area contributed by atoms with E-state index in [0.29, 0.717) is 45.2 Å². The van der Waals surface area contributed by atoms with Crippen LogP contribution in [-0.2, 0) is 14.3 Å². The van der Waals surface area contributed by atoms with Crippen molar-refractivity contribution in [3.05, 3.63) is 59.7 Å². The maximum Gasteiger partial charge on any atom is 0.409 e. The number of aliphatic carboxylic acids is 1. The topological polar surface area (TPSA) is 108 Å². The summed E-state index contributed by atoms with van der Waals surface area (Å²) in [5.74, 6) is -0.144. The van der Waals surface area contributed by atoms with Gasteiger partial charge in [0, 0.05) is 38.6 Å². The van der Waals surface area contributed by atoms with Gasteiger partial charge in [-0.3, -0.25) is 9.69 Å². The van der Waals surface area contributed by atoms with E-state index in [1.54, 1.807) is 4.90 Å². The minimum absolute atomic E-state index is 0.0158. The standard InChI is InChI=1S/C32H41N3O6/c1-32(2,3)41-30(38)33-16-22-17-34(19-29(36)37)18-27(22)21-12-14-35(15-13-21)31(39)40-20-28-25-10-6-4-8-23(25)24-9-5-7-11-26(24)28/h4-11,21-22,27-28H,12-20H2,1-3H3,(H,33,38)(H,36,37). The first kappa shape index (κ1) is 28.9. The molecule has 0 bridgehead atoms. The molecule has 1 aliphatic carbocycles. The lowest BCUT2D eigenvalue weighted by Gasteiger charge is -2.36. The van der Waals surface area contributed by atoms with Crippen molar-refractivity contribution in [1.82, 2.24) is 15.1 Å². The van der Waals surface area contributed by atoms with E-state index in [2.05, 4.69) is 29.6 Å². The van der Waals surface area contributed by atoms with Crippen LogP contribution in [0.25, 0.3) is 11.1 Å². The number of hydrogen-bond acceptors (Lipinski definition) is 6. The van der Waals surface area contributed by atoms with Crippen molar-refractivity contribution in [2.45, 2.75) is 45.1 Å². The Kier molecular flexibility index (Phi) is 8.54. The first-order valence-electron chi connectivity index (χ1n) is 14.6. The van der Waals surface area contributed by atoms with Crippen LogP contribution in [0.15, 0.2) is 48.5 Å². The van der Waals surface area contributed by atoms with Crippen molar-refractivity contribution in [3.8, 4) is 11.1 Å². The molecular weight excluding hydrogens is 522 g/mol. The highest BCUT2D eigenvalue weighted by Crippen LogP contribution is 2.44. The summed E-state index contributed by atoms with van der Waals surface area (Å²) in [6, 6.07) is 16.6. The molecule has 41 heavy (non-hydrogen) atoms. The van der Waals surface area contributed by atoms with Gasteiger partial charge in [0.2, 0.25) is 0 Å². The molecular formula is C32H41N3O6. The lowest BCUT2D eigenvalue weighted by Crippen LogP contribution is -2.43. The number of ether oxygens (including phenoxy) is 2. The number of benzene rings is 2. The Bertz CT molecular complexity index is 1220. The van der Waals surface area contributed by atoms with Gasteiger partial charge in [-0.05, 0) is 73.6 Å². The molecule has 0 aromatic heterocycles. The third-order valence-electron chi connectivity index (χ3n) is 8.57. The van der Waals surface area contributed by atoms with Crippen molar-refractivity contribution in [3.63, 3.8) is 0 Å². The molecule has 2 atom stereocenters. The molecule has 2 saturated heterocycles. The maximum absolute atomic E-state index is 13.1. The summed E-state index contributed by atoms with van der Waals surface area (Å²) in [5, 5.41) is 12.2. The Morgan fingerprint density at radius 3 is 2.15 bits per heavy atom. The monoisotopic (exact) mass is 563 g/mol. The number of carbonyl (C=O) groups excluding carboxylic acids is 2. The van der Waals surface area contributed by atoms with E-state index in [1.807, 2.05) is 49.9 Å². The molecule has 0 saturated carbocycles. The number of nitrogens with zero attached hydrogens (tertiary/aromatic N) is 2. The summed E-state index contributed by atoms with van der Waals surface area (Å²) < 4.78 is 11.3. The normalized spacial score (nSPS) is 21.3. The quantitative estimate of drug-likeness (QED) is 0.498. The number of carboxylic acid groups (broad SMARTS) is 1. The Morgan fingerprint density at radius 1 is 0.951 bits per heavy atom. The van der Waals surface area contributed by atoms with E-state index >= 15 is 0 Å². The van der Waals surface area contributed by atoms with E-state index in [1.165, 1.54) is 22.3 Å². The Balaban J connectivity index is 1.15. The van der Waals surface area contributed by atoms with Crippen LogP contribution in [0.3, 0.4) is 0 Å². The summed E-state index contributed by atoms with van der Waals surface area (Å²) in [5.41, 5.74) is 4.21. The van der Waals surface area contributed by atoms with Gasteiger partial charge in [0.15, 0.2) is 0 Å². The molecule has 2 N–H and O–H groups in total. The van der Waals surface area contributed by atoms with Gasteiger partial charge in [0.1, 0.15) is 12.2 Å². The van der Waals surface area contributed by atoms with Crippen LogP contribution in [0.4, 0.5) is 9.59 Å². The van der Waals surface area contributed by atoms with Crippen LogP contribution >= 0.6 is 0 Å². The van der Waals surface area contributed by atoms with Crippen LogP contribution in [0, 0.1) is 17.8 Å². The highest BCUT2D eigenvalue weighted by atomic mass is 16.6. The Hall–Kier alpha value is -3.59. The van der Waals surface area contributed by atoms with E-state index < -0.39 is 17.7 Å². The number of nitrogens with one attached hydrogen (secondary N) is 1. The molecule has 2 fully saturated rings. The maximum atomic E-state index is 13.1. The molecule has 9 heteroatoms. The summed E-state index contributed by atoms with van der Waals surface area (Å²) in [6.45, 7) is 8.67. The van der Waals surface area contributed by atoms with Crippen LogP contribution in [0.5, 0.6) is 0 Å². The predicted molar refractivity (Wildman–Crippen MR) is 155 cm³/mol. The number of hydrogen-bond donors (Lipinski definition) is 2. The number of piperidine rings is 1. The number of carboxylic acids is 1. The number of alkyl carbamates (subject to hydrolysis) is 1. The molecule has 220 valence electrons. The molecule has 2 heterocycles. The van der Waals surface area contributed by atoms with E-state index in [0.717, 1.165) is 12.8 Å². The van der Waals surface area contributed by atoms with Gasteiger partial charge in [0.25, 0.3) is 0 Å². The summed E-state index contributed by atoms with van der Waals surface area (Å²) in [7, 11) is 0. The first-order chi connectivity index (χ1) is 19.6. The molecule has 2 aromatic rings. The minimum atomic E-state index is -0.852. The van der Waals surface area contributed by atoms with Gasteiger partial charge in [0.05, 0.1) is 6.54 Å².